The van der Waals surface area contributed by atoms with Crippen molar-refractivity contribution in [1.82, 2.24) is 0 Å². The molecule has 0 aliphatic carbocycles. The van der Waals surface area contributed by atoms with Gasteiger partial charge in [0.25, 0.3) is 0 Å². The molecule has 0 saturated carbocycles. The van der Waals surface area contributed by atoms with Crippen LogP contribution in [0.2, 0.25) is 0 Å². The highest BCUT2D eigenvalue weighted by molar-refractivity contribution is 5.88. The van der Waals surface area contributed by atoms with E-state index in [1.165, 1.54) is 0 Å². The molecular formula is C11H16O6. The summed E-state index contributed by atoms with van der Waals surface area (Å²) in [5.74, 6) is -0.561. The summed E-state index contributed by atoms with van der Waals surface area (Å²) in [7, 11) is 0. The molecule has 96 valence electrons. The van der Waals surface area contributed by atoms with E-state index in [9.17, 15) is 4.79 Å². The average molecular weight is 244 g/mol. The molecule has 0 aliphatic heterocycles. The summed E-state index contributed by atoms with van der Waals surface area (Å²) in [4.78, 5) is 19.9. The van der Waals surface area contributed by atoms with Crippen molar-refractivity contribution in [3.05, 3.63) is 35.9 Å². The Morgan fingerprint density at radius 1 is 1.00 bits per heavy atom. The van der Waals surface area contributed by atoms with E-state index < -0.39 is 5.97 Å². The molecule has 0 saturated heterocycles. The first kappa shape index (κ1) is 15.5. The SMILES string of the molecule is O=C(OOCCO)c1ccccc1.OCCO. The third-order valence-electron chi connectivity index (χ3n) is 1.42. The molecule has 0 aromatic heterocycles. The minimum absolute atomic E-state index is 0.0153. The van der Waals surface area contributed by atoms with Gasteiger partial charge in [-0.25, -0.2) is 4.79 Å². The number of aliphatic hydroxyl groups excluding tert-OH is 3. The van der Waals surface area contributed by atoms with Crippen molar-refractivity contribution in [2.24, 2.45) is 0 Å². The Morgan fingerprint density at radius 3 is 2.06 bits per heavy atom. The lowest BCUT2D eigenvalue weighted by molar-refractivity contribution is -0.245. The van der Waals surface area contributed by atoms with Crippen LogP contribution in [0.1, 0.15) is 10.4 Å². The smallest absolute Gasteiger partial charge is 0.373 e. The van der Waals surface area contributed by atoms with Gasteiger partial charge in [-0.1, -0.05) is 18.2 Å². The van der Waals surface area contributed by atoms with Crippen molar-refractivity contribution >= 4 is 5.97 Å². The summed E-state index contributed by atoms with van der Waals surface area (Å²) in [5, 5.41) is 23.6. The molecule has 3 N–H and O–H groups in total. The van der Waals surface area contributed by atoms with Crippen LogP contribution in [0.15, 0.2) is 30.3 Å². The van der Waals surface area contributed by atoms with Crippen LogP contribution in [-0.2, 0) is 9.78 Å². The van der Waals surface area contributed by atoms with Gasteiger partial charge in [0, 0.05) is 0 Å². The molecule has 17 heavy (non-hydrogen) atoms. The Hall–Kier alpha value is -1.47. The van der Waals surface area contributed by atoms with Gasteiger partial charge < -0.3 is 15.3 Å². The number of hydrogen-bond acceptors (Lipinski definition) is 6. The van der Waals surface area contributed by atoms with Crippen LogP contribution in [-0.4, -0.2) is 47.7 Å². The van der Waals surface area contributed by atoms with Crippen molar-refractivity contribution in [2.45, 2.75) is 0 Å². The molecule has 0 amide bonds. The van der Waals surface area contributed by atoms with E-state index >= 15 is 0 Å². The van der Waals surface area contributed by atoms with Gasteiger partial charge in [-0.2, -0.15) is 4.89 Å². The highest BCUT2D eigenvalue weighted by Gasteiger charge is 2.05. The quantitative estimate of drug-likeness (QED) is 0.375. The maximum Gasteiger partial charge on any atom is 0.373 e. The predicted octanol–water partition coefficient (Wildman–Crippen LogP) is -0.262. The van der Waals surface area contributed by atoms with E-state index in [0.29, 0.717) is 5.56 Å². The maximum atomic E-state index is 11.1. The van der Waals surface area contributed by atoms with E-state index in [0.717, 1.165) is 0 Å². The van der Waals surface area contributed by atoms with E-state index in [4.69, 9.17) is 15.3 Å². The van der Waals surface area contributed by atoms with E-state index in [1.807, 2.05) is 0 Å². The van der Waals surface area contributed by atoms with Crippen molar-refractivity contribution in [3.63, 3.8) is 0 Å². The molecule has 0 aliphatic rings. The van der Waals surface area contributed by atoms with Crippen molar-refractivity contribution in [3.8, 4) is 0 Å². The summed E-state index contributed by atoms with van der Waals surface area (Å²) in [6, 6.07) is 8.48. The number of benzene rings is 1. The van der Waals surface area contributed by atoms with Gasteiger partial charge in [-0.3, -0.25) is 4.89 Å². The minimum atomic E-state index is -0.561. The Balaban J connectivity index is 0.000000557. The monoisotopic (exact) mass is 244 g/mol. The van der Waals surface area contributed by atoms with Crippen molar-refractivity contribution in [2.75, 3.05) is 26.4 Å². The number of rotatable bonds is 5. The van der Waals surface area contributed by atoms with Crippen LogP contribution in [0.25, 0.3) is 0 Å². The van der Waals surface area contributed by atoms with Crippen molar-refractivity contribution < 1.29 is 29.9 Å². The number of hydrogen-bond donors (Lipinski definition) is 3. The van der Waals surface area contributed by atoms with Crippen LogP contribution < -0.4 is 0 Å². The second-order valence-corrected chi connectivity index (χ2v) is 2.73. The molecule has 1 rings (SSSR count). The van der Waals surface area contributed by atoms with Crippen LogP contribution in [0.5, 0.6) is 0 Å². The third kappa shape index (κ3) is 8.35. The molecule has 0 atom stereocenters. The zero-order valence-corrected chi connectivity index (χ0v) is 9.28. The summed E-state index contributed by atoms with van der Waals surface area (Å²) in [6.45, 7) is -0.444. The fourth-order valence-electron chi connectivity index (χ4n) is 0.755. The summed E-state index contributed by atoms with van der Waals surface area (Å²) < 4.78 is 0. The van der Waals surface area contributed by atoms with E-state index in [-0.39, 0.29) is 26.4 Å². The van der Waals surface area contributed by atoms with E-state index in [2.05, 4.69) is 9.78 Å². The molecule has 0 radical (unpaired) electrons. The topological polar surface area (TPSA) is 96.2 Å². The molecule has 0 heterocycles. The summed E-state index contributed by atoms with van der Waals surface area (Å²) in [6.07, 6.45) is 0. The second-order valence-electron chi connectivity index (χ2n) is 2.73. The van der Waals surface area contributed by atoms with E-state index in [1.54, 1.807) is 30.3 Å². The first-order valence-corrected chi connectivity index (χ1v) is 4.97. The Labute approximate surface area is 99.0 Å². The zero-order valence-electron chi connectivity index (χ0n) is 9.28. The summed E-state index contributed by atoms with van der Waals surface area (Å²) in [5.41, 5.74) is 0.417. The van der Waals surface area contributed by atoms with Crippen molar-refractivity contribution in [1.29, 1.82) is 0 Å². The van der Waals surface area contributed by atoms with Gasteiger partial charge >= 0.3 is 5.97 Å². The molecule has 0 unspecified atom stereocenters. The molecule has 1 aromatic rings. The Bertz CT molecular complexity index is 285. The molecule has 6 nitrogen and oxygen atoms in total. The van der Waals surface area contributed by atoms with Crippen LogP contribution >= 0.6 is 0 Å². The molecule has 1 aromatic carbocycles. The van der Waals surface area contributed by atoms with Gasteiger partial charge in [0.2, 0.25) is 0 Å². The minimum Gasteiger partial charge on any atom is -0.394 e. The Kier molecular flexibility index (Phi) is 10.1. The number of carbonyl (C=O) groups excluding carboxylic acids is 1. The lowest BCUT2D eigenvalue weighted by Gasteiger charge is -2.00. The largest absolute Gasteiger partial charge is 0.394 e. The number of carbonyl (C=O) groups is 1. The highest BCUT2D eigenvalue weighted by atomic mass is 17.2. The molecular weight excluding hydrogens is 228 g/mol. The fourth-order valence-corrected chi connectivity index (χ4v) is 0.755. The van der Waals surface area contributed by atoms with Gasteiger partial charge in [-0.15, -0.1) is 0 Å². The standard InChI is InChI=1S/C9H10O4.C2H6O2/c10-6-7-12-13-9(11)8-4-2-1-3-5-8;3-1-2-4/h1-5,10H,6-7H2;3-4H,1-2H2. The Morgan fingerprint density at radius 2 is 1.59 bits per heavy atom. The van der Waals surface area contributed by atoms with Gasteiger partial charge in [0.15, 0.2) is 0 Å². The lowest BCUT2D eigenvalue weighted by Crippen LogP contribution is -2.08. The molecule has 0 fully saturated rings. The van der Waals surface area contributed by atoms with Crippen LogP contribution in [0, 0.1) is 0 Å². The molecule has 6 heteroatoms. The summed E-state index contributed by atoms with van der Waals surface area (Å²) >= 11 is 0. The normalized spacial score (nSPS) is 9.12. The van der Waals surface area contributed by atoms with Crippen LogP contribution in [0.3, 0.4) is 0 Å². The lowest BCUT2D eigenvalue weighted by atomic mass is 10.2. The zero-order chi connectivity index (χ0) is 12.9. The molecule has 0 spiro atoms. The maximum absolute atomic E-state index is 11.1. The molecule has 0 bridgehead atoms. The highest BCUT2D eigenvalue weighted by Crippen LogP contribution is 2.00. The first-order valence-electron chi connectivity index (χ1n) is 4.97. The third-order valence-corrected chi connectivity index (χ3v) is 1.42. The second kappa shape index (κ2) is 11.0. The predicted molar refractivity (Wildman–Crippen MR) is 59.1 cm³/mol. The van der Waals surface area contributed by atoms with Gasteiger partial charge in [-0.05, 0) is 12.1 Å². The number of aliphatic hydroxyl groups is 3. The first-order chi connectivity index (χ1) is 8.26. The van der Waals surface area contributed by atoms with Gasteiger partial charge in [0.1, 0.15) is 6.61 Å². The van der Waals surface area contributed by atoms with Crippen LogP contribution in [0.4, 0.5) is 0 Å². The van der Waals surface area contributed by atoms with Gasteiger partial charge in [0.05, 0.1) is 25.4 Å². The fraction of sp³-hybridized carbons (Fsp3) is 0.364. The average Bonchev–Trinajstić information content (AvgIpc) is 2.40.